The molecule has 24 heavy (non-hydrogen) atoms. The molecule has 6 nitrogen and oxygen atoms in total. The molecule has 1 saturated heterocycles. The van der Waals surface area contributed by atoms with Crippen LogP contribution in [0.25, 0.3) is 0 Å². The lowest BCUT2D eigenvalue weighted by atomic mass is 9.92. The molecule has 0 bridgehead atoms. The lowest BCUT2D eigenvalue weighted by Gasteiger charge is -2.37. The number of carbonyl (C=O) groups is 2. The van der Waals surface area contributed by atoms with Gasteiger partial charge < -0.3 is 20.1 Å². The molecule has 2 amide bonds. The summed E-state index contributed by atoms with van der Waals surface area (Å²) in [4.78, 5) is 26.2. The number of hydrogen-bond donors (Lipinski definition) is 1. The van der Waals surface area contributed by atoms with Crippen LogP contribution >= 0.6 is 0 Å². The maximum Gasteiger partial charge on any atom is 0.254 e. The maximum absolute atomic E-state index is 12.9. The third-order valence-electron chi connectivity index (χ3n) is 4.23. The van der Waals surface area contributed by atoms with Crippen molar-refractivity contribution in [1.29, 1.82) is 0 Å². The molecule has 132 valence electrons. The summed E-state index contributed by atoms with van der Waals surface area (Å²) >= 11 is 0. The molecule has 1 atom stereocenters. The summed E-state index contributed by atoms with van der Waals surface area (Å²) in [7, 11) is 1.57. The molecule has 2 rings (SSSR count). The topological polar surface area (TPSA) is 81.9 Å². The van der Waals surface area contributed by atoms with Gasteiger partial charge >= 0.3 is 0 Å². The van der Waals surface area contributed by atoms with Gasteiger partial charge in [0.05, 0.1) is 24.7 Å². The summed E-state index contributed by atoms with van der Waals surface area (Å²) in [5.41, 5.74) is 5.33. The summed E-state index contributed by atoms with van der Waals surface area (Å²) < 4.78 is 10.9. The monoisotopic (exact) mass is 334 g/mol. The fourth-order valence-corrected chi connectivity index (χ4v) is 3.34. The van der Waals surface area contributed by atoms with Crippen LogP contribution < -0.4 is 10.5 Å². The van der Waals surface area contributed by atoms with E-state index in [1.54, 1.807) is 36.3 Å². The molecule has 0 unspecified atom stereocenters. The summed E-state index contributed by atoms with van der Waals surface area (Å²) in [5.74, 6) is 0.192. The number of ether oxygens (including phenoxy) is 2. The molecule has 6 heteroatoms. The van der Waals surface area contributed by atoms with E-state index in [-0.39, 0.29) is 18.4 Å². The lowest BCUT2D eigenvalue weighted by molar-refractivity contribution is -0.121. The number of carbonyl (C=O) groups excluding carboxylic acids is 2. The normalized spacial score (nSPS) is 20.4. The van der Waals surface area contributed by atoms with E-state index < -0.39 is 11.4 Å². The molecule has 1 fully saturated rings. The highest BCUT2D eigenvalue weighted by atomic mass is 16.5. The Kier molecular flexibility index (Phi) is 5.83. The Bertz CT molecular complexity index is 585. The Morgan fingerprint density at radius 3 is 2.50 bits per heavy atom. The van der Waals surface area contributed by atoms with Crippen molar-refractivity contribution >= 4 is 11.8 Å². The number of methoxy groups -OCH3 is 1. The third kappa shape index (κ3) is 4.06. The Balaban J connectivity index is 2.21. The number of nitrogens with two attached hydrogens (primary N) is 1. The Labute approximate surface area is 142 Å². The lowest BCUT2D eigenvalue weighted by Crippen LogP contribution is -2.52. The number of hydrogen-bond acceptors (Lipinski definition) is 4. The number of nitrogens with zero attached hydrogens (tertiary/aromatic N) is 1. The second-order valence-corrected chi connectivity index (χ2v) is 6.55. The predicted octanol–water partition coefficient (Wildman–Crippen LogP) is 1.97. The summed E-state index contributed by atoms with van der Waals surface area (Å²) in [6.07, 6.45) is 1.73. The van der Waals surface area contributed by atoms with E-state index in [1.165, 1.54) is 0 Å². The van der Waals surface area contributed by atoms with E-state index in [9.17, 15) is 9.59 Å². The zero-order valence-electron chi connectivity index (χ0n) is 14.6. The predicted molar refractivity (Wildman–Crippen MR) is 90.9 cm³/mol. The molecule has 1 aromatic carbocycles. The van der Waals surface area contributed by atoms with Gasteiger partial charge in [-0.05, 0) is 51.0 Å². The Morgan fingerprint density at radius 1 is 1.29 bits per heavy atom. The smallest absolute Gasteiger partial charge is 0.254 e. The Hall–Kier alpha value is -2.08. The zero-order valence-corrected chi connectivity index (χ0v) is 14.6. The number of likely N-dealkylation sites (tertiary alicyclic amines) is 1. The van der Waals surface area contributed by atoms with Gasteiger partial charge in [-0.2, -0.15) is 0 Å². The minimum absolute atomic E-state index is 0.0788. The number of benzene rings is 1. The van der Waals surface area contributed by atoms with Gasteiger partial charge in [0, 0.05) is 19.2 Å². The van der Waals surface area contributed by atoms with E-state index in [1.807, 2.05) is 13.8 Å². The van der Waals surface area contributed by atoms with Crippen LogP contribution in [0.2, 0.25) is 0 Å². The minimum Gasteiger partial charge on any atom is -0.491 e. The van der Waals surface area contributed by atoms with Crippen LogP contribution in [0.3, 0.4) is 0 Å². The second-order valence-electron chi connectivity index (χ2n) is 6.55. The van der Waals surface area contributed by atoms with E-state index >= 15 is 0 Å². The van der Waals surface area contributed by atoms with Crippen LogP contribution in [0, 0.1) is 0 Å². The summed E-state index contributed by atoms with van der Waals surface area (Å²) in [5, 5.41) is 0. The molecule has 1 aromatic rings. The zero-order chi connectivity index (χ0) is 17.7. The number of amides is 2. The number of primary amides is 1. The van der Waals surface area contributed by atoms with Crippen LogP contribution in [0.1, 0.15) is 43.5 Å². The Morgan fingerprint density at radius 2 is 1.96 bits per heavy atom. The van der Waals surface area contributed by atoms with Crippen molar-refractivity contribution < 1.29 is 19.1 Å². The van der Waals surface area contributed by atoms with E-state index in [4.69, 9.17) is 15.2 Å². The third-order valence-corrected chi connectivity index (χ3v) is 4.23. The van der Waals surface area contributed by atoms with Gasteiger partial charge in [-0.25, -0.2) is 0 Å². The van der Waals surface area contributed by atoms with Crippen LogP contribution in [0.15, 0.2) is 24.3 Å². The molecule has 0 aromatic heterocycles. The van der Waals surface area contributed by atoms with Crippen LogP contribution in [-0.4, -0.2) is 48.6 Å². The van der Waals surface area contributed by atoms with E-state index in [0.29, 0.717) is 25.1 Å². The summed E-state index contributed by atoms with van der Waals surface area (Å²) in [6, 6.07) is 7.07. The van der Waals surface area contributed by atoms with Gasteiger partial charge in [-0.15, -0.1) is 0 Å². The highest BCUT2D eigenvalue weighted by Crippen LogP contribution is 2.34. The fraction of sp³-hybridized carbons (Fsp3) is 0.556. The molecule has 0 aliphatic carbocycles. The van der Waals surface area contributed by atoms with E-state index in [0.717, 1.165) is 12.2 Å². The van der Waals surface area contributed by atoms with Crippen molar-refractivity contribution in [2.45, 2.75) is 44.8 Å². The molecule has 0 spiro atoms. The van der Waals surface area contributed by atoms with Gasteiger partial charge in [0.15, 0.2) is 0 Å². The first-order valence-corrected chi connectivity index (χ1v) is 8.24. The van der Waals surface area contributed by atoms with Gasteiger partial charge in [0.2, 0.25) is 5.91 Å². The van der Waals surface area contributed by atoms with Crippen molar-refractivity contribution in [2.24, 2.45) is 5.73 Å². The summed E-state index contributed by atoms with van der Waals surface area (Å²) in [6.45, 7) is 4.80. The first kappa shape index (κ1) is 18.3. The van der Waals surface area contributed by atoms with Crippen molar-refractivity contribution in [3.8, 4) is 5.75 Å². The molecular formula is C18H26N2O4. The quantitative estimate of drug-likeness (QED) is 0.826. The molecular weight excluding hydrogens is 308 g/mol. The molecule has 1 aliphatic rings. The van der Waals surface area contributed by atoms with Gasteiger partial charge in [0.25, 0.3) is 5.91 Å². The molecule has 0 radical (unpaired) electrons. The van der Waals surface area contributed by atoms with Crippen molar-refractivity contribution in [2.75, 3.05) is 20.3 Å². The largest absolute Gasteiger partial charge is 0.491 e. The molecule has 1 heterocycles. The van der Waals surface area contributed by atoms with Crippen molar-refractivity contribution in [3.05, 3.63) is 29.8 Å². The average molecular weight is 334 g/mol. The second kappa shape index (κ2) is 7.66. The van der Waals surface area contributed by atoms with Gasteiger partial charge in [-0.3, -0.25) is 9.59 Å². The first-order valence-electron chi connectivity index (χ1n) is 8.24. The van der Waals surface area contributed by atoms with Crippen LogP contribution in [0.4, 0.5) is 0 Å². The molecule has 0 saturated carbocycles. The van der Waals surface area contributed by atoms with E-state index in [2.05, 4.69) is 0 Å². The minimum atomic E-state index is -0.648. The first-order chi connectivity index (χ1) is 11.4. The van der Waals surface area contributed by atoms with Crippen LogP contribution in [0.5, 0.6) is 5.75 Å². The highest BCUT2D eigenvalue weighted by Gasteiger charge is 2.45. The highest BCUT2D eigenvalue weighted by molar-refractivity contribution is 5.95. The van der Waals surface area contributed by atoms with Gasteiger partial charge in [-0.1, -0.05) is 0 Å². The standard InChI is InChI=1S/C18H26N2O4/c1-13(2)24-15-7-5-14(6-8-15)17(22)20-10-4-9-18(20,12-23-3)11-16(19)21/h5-8,13H,4,9-12H2,1-3H3,(H2,19,21)/t18-/m0/s1. The molecule has 2 N–H and O–H groups in total. The van der Waals surface area contributed by atoms with Gasteiger partial charge in [0.1, 0.15) is 5.75 Å². The van der Waals surface area contributed by atoms with Crippen molar-refractivity contribution in [3.63, 3.8) is 0 Å². The van der Waals surface area contributed by atoms with Crippen LogP contribution in [-0.2, 0) is 9.53 Å². The number of rotatable bonds is 7. The SMILES string of the molecule is COC[C@@]1(CC(N)=O)CCCN1C(=O)c1ccc(OC(C)C)cc1. The average Bonchev–Trinajstić information content (AvgIpc) is 2.89. The maximum atomic E-state index is 12.9. The molecule has 1 aliphatic heterocycles. The van der Waals surface area contributed by atoms with Crippen molar-refractivity contribution in [1.82, 2.24) is 4.90 Å². The fourth-order valence-electron chi connectivity index (χ4n) is 3.34.